The lowest BCUT2D eigenvalue weighted by molar-refractivity contribution is 0.238. The highest BCUT2D eigenvalue weighted by atomic mass is 79.9. The molecule has 2 aromatic heterocycles. The smallest absolute Gasteiger partial charge is 0.315 e. The Bertz CT molecular complexity index is 553. The molecule has 0 aliphatic heterocycles. The van der Waals surface area contributed by atoms with Crippen LogP contribution in [0, 0.1) is 0 Å². The van der Waals surface area contributed by atoms with E-state index in [0.29, 0.717) is 18.8 Å². The SMILES string of the molecule is CCc1cc(CNC(=O)NCc2cc(Br)cs2)on1. The van der Waals surface area contributed by atoms with Crippen molar-refractivity contribution in [3.05, 3.63) is 38.3 Å². The highest BCUT2D eigenvalue weighted by molar-refractivity contribution is 9.10. The molecule has 2 aromatic rings. The molecule has 0 saturated carbocycles. The van der Waals surface area contributed by atoms with Gasteiger partial charge in [0.25, 0.3) is 0 Å². The second kappa shape index (κ2) is 6.72. The standard InChI is InChI=1S/C12H14BrN3O2S/c1-2-9-4-10(18-16-9)5-14-12(17)15-6-11-3-8(13)7-19-11/h3-4,7H,2,5-6H2,1H3,(H2,14,15,17). The Kier molecular flexibility index (Phi) is 4.98. The highest BCUT2D eigenvalue weighted by Crippen LogP contribution is 2.19. The van der Waals surface area contributed by atoms with Crippen molar-refractivity contribution < 1.29 is 9.32 Å². The molecule has 0 aliphatic carbocycles. The molecule has 2 heterocycles. The first-order chi connectivity index (χ1) is 9.17. The first-order valence-electron chi connectivity index (χ1n) is 5.86. The van der Waals surface area contributed by atoms with E-state index in [9.17, 15) is 4.79 Å². The van der Waals surface area contributed by atoms with Crippen LogP contribution in [0.1, 0.15) is 23.3 Å². The molecule has 0 radical (unpaired) electrons. The number of nitrogens with one attached hydrogen (secondary N) is 2. The van der Waals surface area contributed by atoms with E-state index in [1.165, 1.54) is 0 Å². The Balaban J connectivity index is 1.72. The Morgan fingerprint density at radius 1 is 1.42 bits per heavy atom. The monoisotopic (exact) mass is 343 g/mol. The maximum atomic E-state index is 11.6. The van der Waals surface area contributed by atoms with Gasteiger partial charge in [-0.15, -0.1) is 11.3 Å². The van der Waals surface area contributed by atoms with Crippen LogP contribution >= 0.6 is 27.3 Å². The number of hydrogen-bond acceptors (Lipinski definition) is 4. The van der Waals surface area contributed by atoms with E-state index in [-0.39, 0.29) is 6.03 Å². The summed E-state index contributed by atoms with van der Waals surface area (Å²) in [5.74, 6) is 0.658. The molecular formula is C12H14BrN3O2S. The molecule has 19 heavy (non-hydrogen) atoms. The van der Waals surface area contributed by atoms with Gasteiger partial charge >= 0.3 is 6.03 Å². The highest BCUT2D eigenvalue weighted by Gasteiger charge is 2.05. The van der Waals surface area contributed by atoms with Crippen LogP contribution in [-0.2, 0) is 19.5 Å². The molecule has 0 spiro atoms. The maximum absolute atomic E-state index is 11.6. The van der Waals surface area contributed by atoms with E-state index >= 15 is 0 Å². The minimum Gasteiger partial charge on any atom is -0.359 e. The number of rotatable bonds is 5. The lowest BCUT2D eigenvalue weighted by Crippen LogP contribution is -2.34. The third-order valence-electron chi connectivity index (χ3n) is 2.44. The third-order valence-corrected chi connectivity index (χ3v) is 4.14. The fraction of sp³-hybridized carbons (Fsp3) is 0.333. The van der Waals surface area contributed by atoms with E-state index in [1.54, 1.807) is 11.3 Å². The number of carbonyl (C=O) groups is 1. The van der Waals surface area contributed by atoms with Crippen LogP contribution in [0.5, 0.6) is 0 Å². The zero-order valence-electron chi connectivity index (χ0n) is 10.4. The fourth-order valence-corrected chi connectivity index (χ4v) is 2.84. The Hall–Kier alpha value is -1.34. The summed E-state index contributed by atoms with van der Waals surface area (Å²) in [6.07, 6.45) is 0.822. The van der Waals surface area contributed by atoms with E-state index in [0.717, 1.165) is 21.5 Å². The Labute approximate surface area is 123 Å². The summed E-state index contributed by atoms with van der Waals surface area (Å²) in [6.45, 7) is 2.85. The molecule has 0 saturated heterocycles. The molecule has 7 heteroatoms. The number of aryl methyl sites for hydroxylation is 1. The fourth-order valence-electron chi connectivity index (χ4n) is 1.45. The van der Waals surface area contributed by atoms with Gasteiger partial charge in [-0.2, -0.15) is 0 Å². The predicted octanol–water partition coefficient (Wildman–Crippen LogP) is 3.06. The van der Waals surface area contributed by atoms with Crippen molar-refractivity contribution in [2.75, 3.05) is 0 Å². The van der Waals surface area contributed by atoms with E-state index in [4.69, 9.17) is 4.52 Å². The van der Waals surface area contributed by atoms with Crippen LogP contribution in [0.2, 0.25) is 0 Å². The molecule has 0 bridgehead atoms. The molecular weight excluding hydrogens is 330 g/mol. The number of halogens is 1. The van der Waals surface area contributed by atoms with Crippen molar-refractivity contribution in [2.24, 2.45) is 0 Å². The average Bonchev–Trinajstić information content (AvgIpc) is 3.02. The van der Waals surface area contributed by atoms with Crippen molar-refractivity contribution in [1.82, 2.24) is 15.8 Å². The number of amides is 2. The lowest BCUT2D eigenvalue weighted by Gasteiger charge is -2.04. The van der Waals surface area contributed by atoms with Gasteiger partial charge in [-0.3, -0.25) is 0 Å². The minimum absolute atomic E-state index is 0.223. The average molecular weight is 344 g/mol. The quantitative estimate of drug-likeness (QED) is 0.876. The Morgan fingerprint density at radius 3 is 2.84 bits per heavy atom. The third kappa shape index (κ3) is 4.36. The largest absolute Gasteiger partial charge is 0.359 e. The molecule has 5 nitrogen and oxygen atoms in total. The summed E-state index contributed by atoms with van der Waals surface area (Å²) in [7, 11) is 0. The van der Waals surface area contributed by atoms with Crippen molar-refractivity contribution in [1.29, 1.82) is 0 Å². The van der Waals surface area contributed by atoms with Gasteiger partial charge < -0.3 is 15.2 Å². The molecule has 0 fully saturated rings. The summed E-state index contributed by atoms with van der Waals surface area (Å²) < 4.78 is 6.11. The topological polar surface area (TPSA) is 67.2 Å². The number of urea groups is 1. The van der Waals surface area contributed by atoms with Gasteiger partial charge in [0.1, 0.15) is 0 Å². The second-order valence-electron chi connectivity index (χ2n) is 3.91. The first kappa shape index (κ1) is 14.1. The molecule has 2 N–H and O–H groups in total. The summed E-state index contributed by atoms with van der Waals surface area (Å²) in [5, 5.41) is 11.3. The summed E-state index contributed by atoms with van der Waals surface area (Å²) >= 11 is 4.97. The van der Waals surface area contributed by atoms with Gasteiger partial charge in [-0.25, -0.2) is 4.79 Å². The number of aromatic nitrogens is 1. The molecule has 0 aromatic carbocycles. The van der Waals surface area contributed by atoms with Crippen LogP contribution in [0.4, 0.5) is 4.79 Å². The van der Waals surface area contributed by atoms with Gasteiger partial charge in [0, 0.05) is 20.8 Å². The molecule has 0 atom stereocenters. The van der Waals surface area contributed by atoms with Gasteiger partial charge in [0.2, 0.25) is 0 Å². The molecule has 102 valence electrons. The van der Waals surface area contributed by atoms with E-state index < -0.39 is 0 Å². The molecule has 0 unspecified atom stereocenters. The van der Waals surface area contributed by atoms with Crippen molar-refractivity contribution in [3.8, 4) is 0 Å². The van der Waals surface area contributed by atoms with E-state index in [2.05, 4.69) is 31.7 Å². The van der Waals surface area contributed by atoms with Crippen LogP contribution in [-0.4, -0.2) is 11.2 Å². The van der Waals surface area contributed by atoms with Crippen LogP contribution in [0.15, 0.2) is 26.5 Å². The van der Waals surface area contributed by atoms with Crippen LogP contribution in [0.3, 0.4) is 0 Å². The van der Waals surface area contributed by atoms with Crippen molar-refractivity contribution >= 4 is 33.3 Å². The minimum atomic E-state index is -0.223. The molecule has 2 rings (SSSR count). The predicted molar refractivity (Wildman–Crippen MR) is 77.0 cm³/mol. The molecule has 2 amide bonds. The number of nitrogens with zero attached hydrogens (tertiary/aromatic N) is 1. The van der Waals surface area contributed by atoms with Crippen molar-refractivity contribution in [3.63, 3.8) is 0 Å². The van der Waals surface area contributed by atoms with Crippen molar-refractivity contribution in [2.45, 2.75) is 26.4 Å². The van der Waals surface area contributed by atoms with Gasteiger partial charge in [-0.05, 0) is 28.4 Å². The summed E-state index contributed by atoms with van der Waals surface area (Å²) in [4.78, 5) is 12.7. The number of thiophene rings is 1. The van der Waals surface area contributed by atoms with Gasteiger partial charge in [0.15, 0.2) is 5.76 Å². The van der Waals surface area contributed by atoms with Crippen LogP contribution in [0.25, 0.3) is 0 Å². The molecule has 0 aliphatic rings. The van der Waals surface area contributed by atoms with Gasteiger partial charge in [-0.1, -0.05) is 12.1 Å². The lowest BCUT2D eigenvalue weighted by atomic mass is 10.3. The maximum Gasteiger partial charge on any atom is 0.315 e. The Morgan fingerprint density at radius 2 is 2.21 bits per heavy atom. The number of carbonyl (C=O) groups excluding carboxylic acids is 1. The van der Waals surface area contributed by atoms with E-state index in [1.807, 2.05) is 24.4 Å². The number of hydrogen-bond donors (Lipinski definition) is 2. The van der Waals surface area contributed by atoms with Gasteiger partial charge in [0.05, 0.1) is 18.8 Å². The summed E-state index contributed by atoms with van der Waals surface area (Å²) in [6, 6.07) is 3.60. The zero-order valence-corrected chi connectivity index (χ0v) is 12.8. The summed E-state index contributed by atoms with van der Waals surface area (Å²) in [5.41, 5.74) is 0.889. The first-order valence-corrected chi connectivity index (χ1v) is 7.53. The second-order valence-corrected chi connectivity index (χ2v) is 5.82. The van der Waals surface area contributed by atoms with Crippen LogP contribution < -0.4 is 10.6 Å². The normalized spacial score (nSPS) is 10.4. The zero-order chi connectivity index (χ0) is 13.7.